The minimum Gasteiger partial charge on any atom is -0.495 e. The van der Waals surface area contributed by atoms with Gasteiger partial charge in [0.1, 0.15) is 23.7 Å². The van der Waals surface area contributed by atoms with Gasteiger partial charge in [0.25, 0.3) is 0 Å². The highest BCUT2D eigenvalue weighted by Gasteiger charge is 2.22. The van der Waals surface area contributed by atoms with Crippen LogP contribution in [0.3, 0.4) is 0 Å². The highest BCUT2D eigenvalue weighted by Crippen LogP contribution is 2.29. The number of hydrogen-bond acceptors (Lipinski definition) is 7. The van der Waals surface area contributed by atoms with Crippen LogP contribution in [-0.4, -0.2) is 81.4 Å². The minimum absolute atomic E-state index is 0.935. The highest BCUT2D eigenvalue weighted by molar-refractivity contribution is 5.60. The maximum Gasteiger partial charge on any atom is 0.142 e. The summed E-state index contributed by atoms with van der Waals surface area (Å²) in [7, 11) is 3.90. The molecule has 1 aromatic heterocycles. The molecule has 2 saturated heterocycles. The summed E-state index contributed by atoms with van der Waals surface area (Å²) < 4.78 is 5.52. The lowest BCUT2D eigenvalue weighted by atomic mass is 10.2. The van der Waals surface area contributed by atoms with Crippen LogP contribution in [-0.2, 0) is 0 Å². The second-order valence-corrected chi connectivity index (χ2v) is 7.17. The molecule has 0 aliphatic carbocycles. The molecule has 0 amide bonds. The van der Waals surface area contributed by atoms with E-state index >= 15 is 0 Å². The molecule has 1 aromatic carbocycles. The average Bonchev–Trinajstić information content (AvgIpc) is 2.74. The van der Waals surface area contributed by atoms with Crippen LogP contribution in [0.25, 0.3) is 0 Å². The Morgan fingerprint density at radius 1 is 0.778 bits per heavy atom. The summed E-state index contributed by atoms with van der Waals surface area (Å²) in [5, 5.41) is 0. The van der Waals surface area contributed by atoms with Gasteiger partial charge in [-0.25, -0.2) is 9.97 Å². The third-order valence-electron chi connectivity index (χ3n) is 5.50. The summed E-state index contributed by atoms with van der Waals surface area (Å²) in [4.78, 5) is 18.5. The maximum absolute atomic E-state index is 5.52. The van der Waals surface area contributed by atoms with Gasteiger partial charge in [0.2, 0.25) is 0 Å². The van der Waals surface area contributed by atoms with Crippen LogP contribution in [0.1, 0.15) is 0 Å². The van der Waals surface area contributed by atoms with Crippen LogP contribution < -0.4 is 19.4 Å². The quantitative estimate of drug-likeness (QED) is 0.812. The Bertz CT molecular complexity index is 754. The van der Waals surface area contributed by atoms with Gasteiger partial charge in [-0.05, 0) is 19.2 Å². The van der Waals surface area contributed by atoms with Crippen LogP contribution in [0, 0.1) is 0 Å². The van der Waals surface area contributed by atoms with Gasteiger partial charge in [-0.2, -0.15) is 0 Å². The van der Waals surface area contributed by atoms with Crippen LogP contribution in [0.4, 0.5) is 17.3 Å². The number of piperazine rings is 2. The van der Waals surface area contributed by atoms with Gasteiger partial charge in [0.05, 0.1) is 12.8 Å². The topological polar surface area (TPSA) is 48.0 Å². The molecular weight excluding hydrogens is 340 g/mol. The summed E-state index contributed by atoms with van der Waals surface area (Å²) in [6.45, 7) is 7.99. The molecule has 0 radical (unpaired) electrons. The van der Waals surface area contributed by atoms with Crippen molar-refractivity contribution in [3.05, 3.63) is 36.7 Å². The Morgan fingerprint density at radius 3 is 1.96 bits per heavy atom. The Morgan fingerprint density at radius 2 is 1.33 bits per heavy atom. The van der Waals surface area contributed by atoms with Crippen LogP contribution in [0.15, 0.2) is 36.7 Å². The molecule has 0 unspecified atom stereocenters. The highest BCUT2D eigenvalue weighted by atomic mass is 16.5. The number of anilines is 3. The molecule has 7 nitrogen and oxygen atoms in total. The molecule has 3 heterocycles. The molecule has 7 heteroatoms. The number of aromatic nitrogens is 2. The largest absolute Gasteiger partial charge is 0.495 e. The Kier molecular flexibility index (Phi) is 5.29. The number of rotatable bonds is 4. The summed E-state index contributed by atoms with van der Waals surface area (Å²) in [5.41, 5.74) is 1.17. The summed E-state index contributed by atoms with van der Waals surface area (Å²) >= 11 is 0. The maximum atomic E-state index is 5.52. The van der Waals surface area contributed by atoms with Crippen molar-refractivity contribution in [3.63, 3.8) is 0 Å². The lowest BCUT2D eigenvalue weighted by Gasteiger charge is -2.37. The number of ether oxygens (including phenoxy) is 1. The first-order chi connectivity index (χ1) is 13.2. The zero-order valence-electron chi connectivity index (χ0n) is 16.2. The minimum atomic E-state index is 0.935. The van der Waals surface area contributed by atoms with Crippen molar-refractivity contribution >= 4 is 17.3 Å². The Hall–Kier alpha value is -2.54. The first kappa shape index (κ1) is 17.9. The van der Waals surface area contributed by atoms with E-state index in [0.29, 0.717) is 0 Å². The van der Waals surface area contributed by atoms with Gasteiger partial charge < -0.3 is 24.3 Å². The number of methoxy groups -OCH3 is 1. The molecule has 2 fully saturated rings. The standard InChI is InChI=1S/C20H28N6O/c1-23-7-9-25(10-8-23)19-15-20(22-16-21-19)26-13-11-24(12-14-26)17-5-3-4-6-18(17)27-2/h3-6,15-16H,7-14H2,1-2H3. The molecule has 27 heavy (non-hydrogen) atoms. The smallest absolute Gasteiger partial charge is 0.142 e. The molecule has 2 aromatic rings. The van der Waals surface area contributed by atoms with E-state index in [4.69, 9.17) is 4.74 Å². The third-order valence-corrected chi connectivity index (χ3v) is 5.50. The molecule has 144 valence electrons. The zero-order chi connectivity index (χ0) is 18.6. The monoisotopic (exact) mass is 368 g/mol. The van der Waals surface area contributed by atoms with Crippen molar-refractivity contribution in [2.75, 3.05) is 81.2 Å². The number of benzene rings is 1. The van der Waals surface area contributed by atoms with E-state index in [1.807, 2.05) is 12.1 Å². The fourth-order valence-corrected chi connectivity index (χ4v) is 3.79. The second kappa shape index (κ2) is 8.00. The van der Waals surface area contributed by atoms with E-state index in [1.54, 1.807) is 13.4 Å². The van der Waals surface area contributed by atoms with Crippen LogP contribution >= 0.6 is 0 Å². The Balaban J connectivity index is 1.42. The zero-order valence-corrected chi connectivity index (χ0v) is 16.2. The number of para-hydroxylation sites is 2. The summed E-state index contributed by atoms with van der Waals surface area (Å²) in [6, 6.07) is 10.4. The van der Waals surface area contributed by atoms with E-state index in [0.717, 1.165) is 69.7 Å². The van der Waals surface area contributed by atoms with Gasteiger partial charge in [0, 0.05) is 58.4 Å². The number of likely N-dealkylation sites (N-methyl/N-ethyl adjacent to an activating group) is 1. The molecule has 0 atom stereocenters. The van der Waals surface area contributed by atoms with Crippen molar-refractivity contribution in [1.29, 1.82) is 0 Å². The lowest BCUT2D eigenvalue weighted by molar-refractivity contribution is 0.312. The first-order valence-electron chi connectivity index (χ1n) is 9.63. The van der Waals surface area contributed by atoms with Gasteiger partial charge in [-0.1, -0.05) is 12.1 Å². The Labute approximate surface area is 161 Å². The predicted octanol–water partition coefficient (Wildman–Crippen LogP) is 1.56. The molecule has 2 aliphatic heterocycles. The number of hydrogen-bond donors (Lipinski definition) is 0. The van der Waals surface area contributed by atoms with Gasteiger partial charge >= 0.3 is 0 Å². The SMILES string of the molecule is COc1ccccc1N1CCN(c2cc(N3CCN(C)CC3)ncn2)CC1. The lowest BCUT2D eigenvalue weighted by Crippen LogP contribution is -2.47. The van der Waals surface area contributed by atoms with Gasteiger partial charge in [0.15, 0.2) is 0 Å². The predicted molar refractivity (Wildman–Crippen MR) is 109 cm³/mol. The molecule has 2 aliphatic rings. The van der Waals surface area contributed by atoms with Crippen molar-refractivity contribution in [2.24, 2.45) is 0 Å². The van der Waals surface area contributed by atoms with Gasteiger partial charge in [-0.15, -0.1) is 0 Å². The van der Waals surface area contributed by atoms with Crippen LogP contribution in [0.5, 0.6) is 5.75 Å². The van der Waals surface area contributed by atoms with E-state index in [-0.39, 0.29) is 0 Å². The average molecular weight is 368 g/mol. The van der Waals surface area contributed by atoms with E-state index < -0.39 is 0 Å². The third kappa shape index (κ3) is 3.93. The molecular formula is C20H28N6O. The van der Waals surface area contributed by atoms with Crippen molar-refractivity contribution in [2.45, 2.75) is 0 Å². The first-order valence-corrected chi connectivity index (χ1v) is 9.63. The van der Waals surface area contributed by atoms with Gasteiger partial charge in [-0.3, -0.25) is 0 Å². The van der Waals surface area contributed by atoms with Crippen LogP contribution in [0.2, 0.25) is 0 Å². The van der Waals surface area contributed by atoms with E-state index in [2.05, 4.69) is 54.8 Å². The molecule has 0 saturated carbocycles. The van der Waals surface area contributed by atoms with Crippen molar-refractivity contribution in [1.82, 2.24) is 14.9 Å². The van der Waals surface area contributed by atoms with Crippen molar-refractivity contribution < 1.29 is 4.74 Å². The molecule has 0 bridgehead atoms. The van der Waals surface area contributed by atoms with E-state index in [9.17, 15) is 0 Å². The molecule has 4 rings (SSSR count). The summed E-state index contributed by atoms with van der Waals surface area (Å²) in [6.07, 6.45) is 1.70. The fourth-order valence-electron chi connectivity index (χ4n) is 3.79. The molecule has 0 spiro atoms. The number of nitrogens with zero attached hydrogens (tertiary/aromatic N) is 6. The normalized spacial score (nSPS) is 18.7. The molecule has 0 N–H and O–H groups in total. The summed E-state index contributed by atoms with van der Waals surface area (Å²) in [5.74, 6) is 3.00. The van der Waals surface area contributed by atoms with E-state index in [1.165, 1.54) is 5.69 Å². The van der Waals surface area contributed by atoms with Crippen molar-refractivity contribution in [3.8, 4) is 5.75 Å². The fraction of sp³-hybridized carbons (Fsp3) is 0.500. The second-order valence-electron chi connectivity index (χ2n) is 7.17.